The van der Waals surface area contributed by atoms with E-state index in [9.17, 15) is 4.79 Å². The van der Waals surface area contributed by atoms with E-state index >= 15 is 0 Å². The van der Waals surface area contributed by atoms with Gasteiger partial charge in [0.1, 0.15) is 5.69 Å². The molecule has 1 amide bonds. The fourth-order valence-electron chi connectivity index (χ4n) is 1.49. The SMILES string of the molecule is CCC(C)(C)N(C)C(=O)c1ncccc1C#CCN. The van der Waals surface area contributed by atoms with Gasteiger partial charge in [-0.25, -0.2) is 4.98 Å². The van der Waals surface area contributed by atoms with Gasteiger partial charge in [0.2, 0.25) is 0 Å². The first kappa shape index (κ1) is 15.2. The Kier molecular flexibility index (Phi) is 5.08. The molecule has 0 aromatic carbocycles. The molecule has 4 heteroatoms. The maximum Gasteiger partial charge on any atom is 0.273 e. The van der Waals surface area contributed by atoms with Crippen molar-refractivity contribution in [2.75, 3.05) is 13.6 Å². The van der Waals surface area contributed by atoms with Crippen LogP contribution in [0.1, 0.15) is 43.2 Å². The third kappa shape index (κ3) is 3.55. The quantitative estimate of drug-likeness (QED) is 0.840. The van der Waals surface area contributed by atoms with Crippen LogP contribution in [0.4, 0.5) is 0 Å². The molecule has 19 heavy (non-hydrogen) atoms. The summed E-state index contributed by atoms with van der Waals surface area (Å²) in [5, 5.41) is 0. The maximum atomic E-state index is 12.5. The number of aromatic nitrogens is 1. The number of nitrogens with zero attached hydrogens (tertiary/aromatic N) is 2. The molecule has 4 nitrogen and oxygen atoms in total. The number of carbonyl (C=O) groups excluding carboxylic acids is 1. The lowest BCUT2D eigenvalue weighted by Crippen LogP contribution is -2.45. The van der Waals surface area contributed by atoms with Gasteiger partial charge in [0.05, 0.1) is 12.1 Å². The molecular formula is C15H21N3O. The van der Waals surface area contributed by atoms with Crippen molar-refractivity contribution >= 4 is 5.91 Å². The number of nitrogens with two attached hydrogens (primary N) is 1. The van der Waals surface area contributed by atoms with Gasteiger partial charge in [-0.3, -0.25) is 4.79 Å². The Morgan fingerprint density at radius 1 is 1.53 bits per heavy atom. The maximum absolute atomic E-state index is 12.5. The standard InChI is InChI=1S/C15H21N3O/c1-5-15(2,3)18(4)14(19)13-12(8-6-10-16)9-7-11-17-13/h7,9,11H,5,10,16H2,1-4H3. The largest absolute Gasteiger partial charge is 0.335 e. The van der Waals surface area contributed by atoms with E-state index in [0.29, 0.717) is 11.3 Å². The zero-order valence-corrected chi connectivity index (χ0v) is 12.0. The van der Waals surface area contributed by atoms with Crippen LogP contribution in [-0.2, 0) is 0 Å². The molecule has 2 N–H and O–H groups in total. The van der Waals surface area contributed by atoms with E-state index < -0.39 is 0 Å². The Morgan fingerprint density at radius 3 is 2.79 bits per heavy atom. The Balaban J connectivity index is 3.13. The molecule has 0 aliphatic carbocycles. The van der Waals surface area contributed by atoms with Crippen molar-refractivity contribution in [2.45, 2.75) is 32.7 Å². The van der Waals surface area contributed by atoms with Gasteiger partial charge in [0.15, 0.2) is 0 Å². The summed E-state index contributed by atoms with van der Waals surface area (Å²) in [6.07, 6.45) is 2.47. The number of hydrogen-bond donors (Lipinski definition) is 1. The molecule has 0 unspecified atom stereocenters. The summed E-state index contributed by atoms with van der Waals surface area (Å²) >= 11 is 0. The summed E-state index contributed by atoms with van der Waals surface area (Å²) in [5.41, 5.74) is 6.15. The van der Waals surface area contributed by atoms with Crippen molar-refractivity contribution in [3.8, 4) is 11.8 Å². The molecule has 1 aromatic rings. The highest BCUT2D eigenvalue weighted by Gasteiger charge is 2.28. The molecule has 0 aliphatic rings. The van der Waals surface area contributed by atoms with Gasteiger partial charge in [-0.1, -0.05) is 18.8 Å². The van der Waals surface area contributed by atoms with Crippen molar-refractivity contribution in [3.63, 3.8) is 0 Å². The van der Waals surface area contributed by atoms with Crippen LogP contribution in [-0.4, -0.2) is 34.9 Å². The molecule has 0 atom stereocenters. The molecule has 0 saturated carbocycles. The molecule has 0 spiro atoms. The van der Waals surface area contributed by atoms with Gasteiger partial charge in [-0.15, -0.1) is 0 Å². The lowest BCUT2D eigenvalue weighted by Gasteiger charge is -2.34. The molecular weight excluding hydrogens is 238 g/mol. The van der Waals surface area contributed by atoms with E-state index in [1.165, 1.54) is 0 Å². The lowest BCUT2D eigenvalue weighted by atomic mass is 9.99. The average molecular weight is 259 g/mol. The second-order valence-electron chi connectivity index (χ2n) is 4.94. The summed E-state index contributed by atoms with van der Waals surface area (Å²) in [4.78, 5) is 18.4. The normalized spacial score (nSPS) is 10.6. The number of hydrogen-bond acceptors (Lipinski definition) is 3. The Hall–Kier alpha value is -1.86. The molecule has 1 rings (SSSR count). The predicted molar refractivity (Wildman–Crippen MR) is 76.6 cm³/mol. The summed E-state index contributed by atoms with van der Waals surface area (Å²) in [6, 6.07) is 3.55. The van der Waals surface area contributed by atoms with Crippen LogP contribution in [0.15, 0.2) is 18.3 Å². The number of rotatable bonds is 3. The fourth-order valence-corrected chi connectivity index (χ4v) is 1.49. The number of amides is 1. The molecule has 102 valence electrons. The van der Waals surface area contributed by atoms with Crippen LogP contribution in [0.5, 0.6) is 0 Å². The van der Waals surface area contributed by atoms with Gasteiger partial charge in [0, 0.05) is 18.8 Å². The zero-order valence-electron chi connectivity index (χ0n) is 12.0. The van der Waals surface area contributed by atoms with Gasteiger partial charge in [0.25, 0.3) is 5.91 Å². The third-order valence-corrected chi connectivity index (χ3v) is 3.41. The van der Waals surface area contributed by atoms with Crippen molar-refractivity contribution in [1.82, 2.24) is 9.88 Å². The molecule has 0 fully saturated rings. The van der Waals surface area contributed by atoms with Crippen LogP contribution < -0.4 is 5.73 Å². The summed E-state index contributed by atoms with van der Waals surface area (Å²) < 4.78 is 0. The van der Waals surface area contributed by atoms with Crippen molar-refractivity contribution in [3.05, 3.63) is 29.6 Å². The molecule has 0 saturated heterocycles. The summed E-state index contributed by atoms with van der Waals surface area (Å²) in [6.45, 7) is 6.37. The second-order valence-corrected chi connectivity index (χ2v) is 4.94. The predicted octanol–water partition coefficient (Wildman–Crippen LogP) is 1.65. The minimum Gasteiger partial charge on any atom is -0.335 e. The summed E-state index contributed by atoms with van der Waals surface area (Å²) in [5.74, 6) is 5.53. The minimum absolute atomic E-state index is 0.117. The van der Waals surface area contributed by atoms with Crippen LogP contribution in [0.2, 0.25) is 0 Å². The van der Waals surface area contributed by atoms with Gasteiger partial charge in [-0.05, 0) is 32.4 Å². The van der Waals surface area contributed by atoms with Crippen molar-refractivity contribution in [1.29, 1.82) is 0 Å². The van der Waals surface area contributed by atoms with E-state index in [4.69, 9.17) is 5.73 Å². The second kappa shape index (κ2) is 6.35. The molecule has 1 heterocycles. The van der Waals surface area contributed by atoms with Crippen LogP contribution in [0, 0.1) is 11.8 Å². The first-order valence-electron chi connectivity index (χ1n) is 6.36. The van der Waals surface area contributed by atoms with Crippen LogP contribution >= 0.6 is 0 Å². The lowest BCUT2D eigenvalue weighted by molar-refractivity contribution is 0.0614. The van der Waals surface area contributed by atoms with Crippen LogP contribution in [0.25, 0.3) is 0 Å². The van der Waals surface area contributed by atoms with Crippen LogP contribution in [0.3, 0.4) is 0 Å². The topological polar surface area (TPSA) is 59.2 Å². The Bertz CT molecular complexity index is 512. The van der Waals surface area contributed by atoms with E-state index in [2.05, 4.69) is 23.7 Å². The van der Waals surface area contributed by atoms with Gasteiger partial charge < -0.3 is 10.6 Å². The highest BCUT2D eigenvalue weighted by Crippen LogP contribution is 2.19. The first-order valence-corrected chi connectivity index (χ1v) is 6.36. The smallest absolute Gasteiger partial charge is 0.273 e. The molecule has 0 aliphatic heterocycles. The van der Waals surface area contributed by atoms with Crippen molar-refractivity contribution < 1.29 is 4.79 Å². The van der Waals surface area contributed by atoms with Gasteiger partial charge in [-0.2, -0.15) is 0 Å². The van der Waals surface area contributed by atoms with E-state index in [1.54, 1.807) is 30.3 Å². The summed E-state index contributed by atoms with van der Waals surface area (Å²) in [7, 11) is 1.79. The van der Waals surface area contributed by atoms with E-state index in [-0.39, 0.29) is 18.0 Å². The van der Waals surface area contributed by atoms with Gasteiger partial charge >= 0.3 is 0 Å². The van der Waals surface area contributed by atoms with E-state index in [0.717, 1.165) is 6.42 Å². The molecule has 0 bridgehead atoms. The monoisotopic (exact) mass is 259 g/mol. The first-order chi connectivity index (χ1) is 8.94. The average Bonchev–Trinajstić information content (AvgIpc) is 2.43. The number of carbonyl (C=O) groups is 1. The fraction of sp³-hybridized carbons (Fsp3) is 0.467. The van der Waals surface area contributed by atoms with E-state index in [1.807, 2.05) is 13.8 Å². The number of pyridine rings is 1. The minimum atomic E-state index is -0.215. The highest BCUT2D eigenvalue weighted by atomic mass is 16.2. The Labute approximate surface area is 115 Å². The van der Waals surface area contributed by atoms with Crippen molar-refractivity contribution in [2.24, 2.45) is 5.73 Å². The molecule has 0 radical (unpaired) electrons. The Morgan fingerprint density at radius 2 is 2.21 bits per heavy atom. The highest BCUT2D eigenvalue weighted by molar-refractivity contribution is 5.95. The third-order valence-electron chi connectivity index (χ3n) is 3.41. The zero-order chi connectivity index (χ0) is 14.5. The molecule has 1 aromatic heterocycles.